The molecule has 0 atom stereocenters. The van der Waals surface area contributed by atoms with Crippen LogP contribution < -0.4 is 10.6 Å². The maximum absolute atomic E-state index is 5.87. The molecule has 1 aromatic rings. The fourth-order valence-electron chi connectivity index (χ4n) is 3.04. The second kappa shape index (κ2) is 4.22. The molecule has 0 saturated carbocycles. The molecular formula is C14H21N3. The second-order valence-electron chi connectivity index (χ2n) is 5.50. The number of hydrogen-bond donors (Lipinski definition) is 1. The fourth-order valence-corrected chi connectivity index (χ4v) is 3.04. The van der Waals surface area contributed by atoms with E-state index in [0.717, 1.165) is 11.6 Å². The monoisotopic (exact) mass is 231 g/mol. The minimum atomic E-state index is 0.888. The number of fused-ring (bicyclic) bond motifs is 1. The average molecular weight is 231 g/mol. The smallest absolute Gasteiger partial charge is 0.0420 e. The van der Waals surface area contributed by atoms with Crippen LogP contribution in [0.5, 0.6) is 0 Å². The maximum atomic E-state index is 5.87. The predicted molar refractivity (Wildman–Crippen MR) is 72.4 cm³/mol. The molecule has 0 radical (unpaired) electrons. The molecule has 3 nitrogen and oxygen atoms in total. The van der Waals surface area contributed by atoms with Gasteiger partial charge >= 0.3 is 0 Å². The van der Waals surface area contributed by atoms with Crippen LogP contribution in [-0.2, 0) is 6.42 Å². The first-order chi connectivity index (χ1) is 8.22. The van der Waals surface area contributed by atoms with Gasteiger partial charge in [-0.2, -0.15) is 0 Å². The van der Waals surface area contributed by atoms with Crippen molar-refractivity contribution in [3.63, 3.8) is 0 Å². The van der Waals surface area contributed by atoms with E-state index in [2.05, 4.69) is 29.0 Å². The molecule has 0 amide bonds. The Morgan fingerprint density at radius 3 is 2.94 bits per heavy atom. The number of rotatable bonds is 3. The number of hydrogen-bond acceptors (Lipinski definition) is 3. The molecule has 2 heterocycles. The molecule has 92 valence electrons. The van der Waals surface area contributed by atoms with Crippen LogP contribution in [0.4, 0.5) is 11.4 Å². The third kappa shape index (κ3) is 2.12. The summed E-state index contributed by atoms with van der Waals surface area (Å²) in [5.74, 6) is 0.908. The van der Waals surface area contributed by atoms with Crippen LogP contribution in [0.15, 0.2) is 18.2 Å². The first-order valence-electron chi connectivity index (χ1n) is 6.54. The van der Waals surface area contributed by atoms with Crippen molar-refractivity contribution in [2.45, 2.75) is 12.8 Å². The van der Waals surface area contributed by atoms with Crippen LogP contribution >= 0.6 is 0 Å². The van der Waals surface area contributed by atoms with Crippen LogP contribution in [0.3, 0.4) is 0 Å². The molecule has 0 bridgehead atoms. The summed E-state index contributed by atoms with van der Waals surface area (Å²) in [5.41, 5.74) is 9.59. The lowest BCUT2D eigenvalue weighted by Gasteiger charge is -2.37. The van der Waals surface area contributed by atoms with Crippen LogP contribution in [0.25, 0.3) is 0 Å². The molecule has 3 rings (SSSR count). The lowest BCUT2D eigenvalue weighted by Crippen LogP contribution is -2.45. The Kier molecular flexibility index (Phi) is 2.71. The average Bonchev–Trinajstić information content (AvgIpc) is 2.65. The van der Waals surface area contributed by atoms with E-state index < -0.39 is 0 Å². The molecular weight excluding hydrogens is 210 g/mol. The van der Waals surface area contributed by atoms with Gasteiger partial charge in [0.15, 0.2) is 0 Å². The molecule has 0 spiro atoms. The molecule has 0 unspecified atom stereocenters. The molecule has 2 N–H and O–H groups in total. The highest BCUT2D eigenvalue weighted by Crippen LogP contribution is 2.30. The van der Waals surface area contributed by atoms with Gasteiger partial charge in [0.05, 0.1) is 0 Å². The largest absolute Gasteiger partial charge is 0.399 e. The van der Waals surface area contributed by atoms with Crippen molar-refractivity contribution in [1.29, 1.82) is 0 Å². The van der Waals surface area contributed by atoms with E-state index in [9.17, 15) is 0 Å². The van der Waals surface area contributed by atoms with Crippen molar-refractivity contribution in [2.75, 3.05) is 43.9 Å². The standard InChI is InChI=1S/C14H21N3/c1-16-9-11(10-16)4-6-17-7-5-12-2-3-13(15)8-14(12)17/h2-3,8,11H,4-7,9-10,15H2,1H3. The van der Waals surface area contributed by atoms with Gasteiger partial charge in [0.25, 0.3) is 0 Å². The molecule has 2 aliphatic heterocycles. The van der Waals surface area contributed by atoms with Crippen molar-refractivity contribution in [2.24, 2.45) is 5.92 Å². The van der Waals surface area contributed by atoms with Crippen molar-refractivity contribution in [3.8, 4) is 0 Å². The summed E-state index contributed by atoms with van der Waals surface area (Å²) in [5, 5.41) is 0. The van der Waals surface area contributed by atoms with E-state index in [-0.39, 0.29) is 0 Å². The Bertz CT molecular complexity index is 410. The first-order valence-corrected chi connectivity index (χ1v) is 6.54. The minimum Gasteiger partial charge on any atom is -0.399 e. The Morgan fingerprint density at radius 2 is 2.18 bits per heavy atom. The Balaban J connectivity index is 1.61. The third-order valence-electron chi connectivity index (χ3n) is 4.05. The lowest BCUT2D eigenvalue weighted by molar-refractivity contribution is 0.128. The fraction of sp³-hybridized carbons (Fsp3) is 0.571. The van der Waals surface area contributed by atoms with Gasteiger partial charge in [0, 0.05) is 37.6 Å². The van der Waals surface area contributed by atoms with Gasteiger partial charge in [-0.3, -0.25) is 0 Å². The summed E-state index contributed by atoms with van der Waals surface area (Å²) in [6.45, 7) is 4.91. The van der Waals surface area contributed by atoms with Gasteiger partial charge < -0.3 is 15.5 Å². The maximum Gasteiger partial charge on any atom is 0.0420 e. The van der Waals surface area contributed by atoms with Gasteiger partial charge in [0.2, 0.25) is 0 Å². The zero-order chi connectivity index (χ0) is 11.8. The summed E-state index contributed by atoms with van der Waals surface area (Å²) in [4.78, 5) is 4.89. The molecule has 0 aromatic heterocycles. The zero-order valence-electron chi connectivity index (χ0n) is 10.5. The minimum absolute atomic E-state index is 0.888. The van der Waals surface area contributed by atoms with Crippen molar-refractivity contribution >= 4 is 11.4 Å². The first kappa shape index (κ1) is 10.9. The van der Waals surface area contributed by atoms with E-state index >= 15 is 0 Å². The number of likely N-dealkylation sites (tertiary alicyclic amines) is 1. The summed E-state index contributed by atoms with van der Waals surface area (Å²) >= 11 is 0. The second-order valence-corrected chi connectivity index (χ2v) is 5.50. The van der Waals surface area contributed by atoms with Crippen molar-refractivity contribution < 1.29 is 0 Å². The Morgan fingerprint density at radius 1 is 1.35 bits per heavy atom. The number of nitrogens with two attached hydrogens (primary N) is 1. The van der Waals surface area contributed by atoms with Crippen LogP contribution in [0, 0.1) is 5.92 Å². The van der Waals surface area contributed by atoms with E-state index in [1.807, 2.05) is 6.07 Å². The topological polar surface area (TPSA) is 32.5 Å². The van der Waals surface area contributed by atoms with Gasteiger partial charge in [-0.1, -0.05) is 6.07 Å². The van der Waals surface area contributed by atoms with Gasteiger partial charge in [-0.05, 0) is 43.5 Å². The highest BCUT2D eigenvalue weighted by atomic mass is 15.2. The highest BCUT2D eigenvalue weighted by molar-refractivity contribution is 5.64. The van der Waals surface area contributed by atoms with Crippen LogP contribution in [0.2, 0.25) is 0 Å². The Labute approximate surface area is 103 Å². The molecule has 3 heteroatoms. The lowest BCUT2D eigenvalue weighted by atomic mass is 9.97. The van der Waals surface area contributed by atoms with E-state index in [1.165, 1.54) is 50.3 Å². The quantitative estimate of drug-likeness (QED) is 0.802. The number of nitrogens with zero attached hydrogens (tertiary/aromatic N) is 2. The number of anilines is 2. The summed E-state index contributed by atoms with van der Waals surface area (Å²) in [7, 11) is 2.20. The third-order valence-corrected chi connectivity index (χ3v) is 4.05. The van der Waals surface area contributed by atoms with E-state index in [0.29, 0.717) is 0 Å². The van der Waals surface area contributed by atoms with Crippen molar-refractivity contribution in [1.82, 2.24) is 4.90 Å². The van der Waals surface area contributed by atoms with Crippen LogP contribution in [-0.4, -0.2) is 38.1 Å². The van der Waals surface area contributed by atoms with Gasteiger partial charge in [-0.15, -0.1) is 0 Å². The summed E-state index contributed by atoms with van der Waals surface area (Å²) in [6.07, 6.45) is 2.50. The number of nitrogen functional groups attached to an aromatic ring is 1. The summed E-state index contributed by atoms with van der Waals surface area (Å²) in [6, 6.07) is 6.33. The SMILES string of the molecule is CN1CC(CCN2CCc3ccc(N)cc32)C1. The van der Waals surface area contributed by atoms with E-state index in [1.54, 1.807) is 0 Å². The van der Waals surface area contributed by atoms with Gasteiger partial charge in [-0.25, -0.2) is 0 Å². The molecule has 1 aromatic carbocycles. The van der Waals surface area contributed by atoms with E-state index in [4.69, 9.17) is 5.73 Å². The summed E-state index contributed by atoms with van der Waals surface area (Å²) < 4.78 is 0. The Hall–Kier alpha value is -1.22. The molecule has 1 saturated heterocycles. The molecule has 2 aliphatic rings. The number of benzene rings is 1. The van der Waals surface area contributed by atoms with Crippen LogP contribution in [0.1, 0.15) is 12.0 Å². The zero-order valence-corrected chi connectivity index (χ0v) is 10.5. The normalized spacial score (nSPS) is 20.4. The highest BCUT2D eigenvalue weighted by Gasteiger charge is 2.25. The molecule has 0 aliphatic carbocycles. The molecule has 17 heavy (non-hydrogen) atoms. The van der Waals surface area contributed by atoms with Gasteiger partial charge in [0.1, 0.15) is 0 Å². The predicted octanol–water partition coefficient (Wildman–Crippen LogP) is 1.58. The molecule has 1 fully saturated rings. The van der Waals surface area contributed by atoms with Crippen molar-refractivity contribution in [3.05, 3.63) is 23.8 Å².